The van der Waals surface area contributed by atoms with Gasteiger partial charge in [-0.1, -0.05) is 18.2 Å². The van der Waals surface area contributed by atoms with Crippen molar-refractivity contribution in [2.75, 3.05) is 31.1 Å². The van der Waals surface area contributed by atoms with Gasteiger partial charge in [-0.05, 0) is 59.0 Å². The number of nitrogens with zero attached hydrogens (tertiary/aromatic N) is 4. The average molecular weight is 455 g/mol. The number of unbranched alkanes of at least 4 members (excludes halogenated alkanes) is 1. The van der Waals surface area contributed by atoms with Gasteiger partial charge in [-0.25, -0.2) is 18.4 Å². The molecule has 1 aromatic carbocycles. The minimum Gasteiger partial charge on any atom is -0.369 e. The molecule has 1 fully saturated rings. The molecule has 1 aliphatic heterocycles. The lowest BCUT2D eigenvalue weighted by Crippen LogP contribution is -2.48. The summed E-state index contributed by atoms with van der Waals surface area (Å²) in [6.45, 7) is 2.38. The minimum atomic E-state index is -3.37. The van der Waals surface area contributed by atoms with Crippen LogP contribution in [0.15, 0.2) is 71.0 Å². The summed E-state index contributed by atoms with van der Waals surface area (Å²) >= 11 is 1.69. The molecule has 4 rings (SSSR count). The number of thiophene rings is 1. The van der Waals surface area contributed by atoms with E-state index >= 15 is 0 Å². The fourth-order valence-corrected chi connectivity index (χ4v) is 5.50. The molecule has 0 amide bonds. The Balaban J connectivity index is 1.25. The van der Waals surface area contributed by atoms with Crippen LogP contribution >= 0.6 is 11.3 Å². The number of benzene rings is 1. The molecule has 1 saturated heterocycles. The van der Waals surface area contributed by atoms with Gasteiger partial charge in [0, 0.05) is 56.1 Å². The van der Waals surface area contributed by atoms with Gasteiger partial charge < -0.3 is 4.90 Å². The second-order valence-electron chi connectivity index (χ2n) is 7.42. The zero-order valence-corrected chi connectivity index (χ0v) is 18.9. The summed E-state index contributed by atoms with van der Waals surface area (Å²) in [4.78, 5) is 10.6. The van der Waals surface area contributed by atoms with Crippen molar-refractivity contribution in [3.8, 4) is 11.1 Å². The van der Waals surface area contributed by atoms with Crippen LogP contribution in [0.3, 0.4) is 0 Å². The van der Waals surface area contributed by atoms with E-state index in [2.05, 4.69) is 56.0 Å². The van der Waals surface area contributed by atoms with Crippen molar-refractivity contribution in [3.63, 3.8) is 0 Å². The fourth-order valence-electron chi connectivity index (χ4n) is 3.61. The highest BCUT2D eigenvalue weighted by Gasteiger charge is 2.25. The maximum Gasteiger partial charge on any atom is 0.236 e. The molecule has 0 unspecified atom stereocenters. The number of hydrogen-bond acceptors (Lipinski definition) is 6. The Hall–Kier alpha value is -2.55. The second-order valence-corrected chi connectivity index (χ2v) is 10.0. The predicted octanol–water partition coefficient (Wildman–Crippen LogP) is 4.19. The standard InChI is InChI=1S/C23H26N4O2S2/c28-31(29,18-3-1-2-5-23-24-11-4-12-25-23)27-15-13-26(14-16-27)22-8-6-20(7-9-22)21-10-17-30-19-21/h3-4,6-12,17-19H,1-2,5,13-16H2. The van der Waals surface area contributed by atoms with E-state index in [-0.39, 0.29) is 0 Å². The van der Waals surface area contributed by atoms with E-state index in [9.17, 15) is 8.42 Å². The maximum atomic E-state index is 12.6. The van der Waals surface area contributed by atoms with E-state index in [1.54, 1.807) is 40.2 Å². The summed E-state index contributed by atoms with van der Waals surface area (Å²) in [6, 6.07) is 12.4. The Kier molecular flexibility index (Phi) is 7.11. The van der Waals surface area contributed by atoms with Gasteiger partial charge in [0.15, 0.2) is 0 Å². The first-order chi connectivity index (χ1) is 15.1. The van der Waals surface area contributed by atoms with Crippen LogP contribution in [-0.2, 0) is 16.4 Å². The summed E-state index contributed by atoms with van der Waals surface area (Å²) < 4.78 is 26.8. The molecule has 8 heteroatoms. The van der Waals surface area contributed by atoms with E-state index in [0.717, 1.165) is 24.4 Å². The van der Waals surface area contributed by atoms with Crippen LogP contribution < -0.4 is 4.90 Å². The van der Waals surface area contributed by atoms with Crippen LogP contribution in [0.25, 0.3) is 11.1 Å². The molecular formula is C23H26N4O2S2. The van der Waals surface area contributed by atoms with Crippen molar-refractivity contribution in [3.05, 3.63) is 76.9 Å². The number of aromatic nitrogens is 2. The highest BCUT2D eigenvalue weighted by molar-refractivity contribution is 7.92. The highest BCUT2D eigenvalue weighted by Crippen LogP contribution is 2.26. The molecule has 0 bridgehead atoms. The first-order valence-corrected chi connectivity index (χ1v) is 12.9. The maximum absolute atomic E-state index is 12.6. The highest BCUT2D eigenvalue weighted by atomic mass is 32.2. The summed E-state index contributed by atoms with van der Waals surface area (Å²) in [5.41, 5.74) is 3.57. The van der Waals surface area contributed by atoms with E-state index in [1.807, 2.05) is 0 Å². The molecule has 2 aromatic heterocycles. The Morgan fingerprint density at radius 2 is 1.71 bits per heavy atom. The topological polar surface area (TPSA) is 66.4 Å². The Morgan fingerprint density at radius 3 is 2.39 bits per heavy atom. The van der Waals surface area contributed by atoms with Crippen LogP contribution in [0.5, 0.6) is 0 Å². The molecule has 0 saturated carbocycles. The van der Waals surface area contributed by atoms with Crippen LogP contribution in [0.4, 0.5) is 5.69 Å². The number of anilines is 1. The summed E-state index contributed by atoms with van der Waals surface area (Å²) in [7, 11) is -3.37. The number of hydrogen-bond donors (Lipinski definition) is 0. The van der Waals surface area contributed by atoms with Crippen LogP contribution in [0.1, 0.15) is 18.7 Å². The van der Waals surface area contributed by atoms with Gasteiger partial charge >= 0.3 is 0 Å². The van der Waals surface area contributed by atoms with Crippen molar-refractivity contribution in [1.29, 1.82) is 0 Å². The third-order valence-corrected chi connectivity index (χ3v) is 7.65. The van der Waals surface area contributed by atoms with Gasteiger partial charge in [0.1, 0.15) is 5.82 Å². The lowest BCUT2D eigenvalue weighted by molar-refractivity contribution is 0.390. The van der Waals surface area contributed by atoms with Crippen molar-refractivity contribution in [2.45, 2.75) is 19.3 Å². The molecular weight excluding hydrogens is 428 g/mol. The molecule has 1 aliphatic rings. The van der Waals surface area contributed by atoms with Crippen LogP contribution in [0, 0.1) is 0 Å². The molecule has 31 heavy (non-hydrogen) atoms. The van der Waals surface area contributed by atoms with Crippen LogP contribution in [-0.4, -0.2) is 48.9 Å². The van der Waals surface area contributed by atoms with Crippen molar-refractivity contribution < 1.29 is 8.42 Å². The van der Waals surface area contributed by atoms with Gasteiger partial charge in [-0.3, -0.25) is 0 Å². The number of piperazine rings is 1. The first-order valence-electron chi connectivity index (χ1n) is 10.4. The summed E-state index contributed by atoms with van der Waals surface area (Å²) in [6.07, 6.45) is 7.45. The molecule has 0 spiro atoms. The molecule has 3 heterocycles. The number of aryl methyl sites for hydroxylation is 1. The summed E-state index contributed by atoms with van der Waals surface area (Å²) in [5.74, 6) is 0.790. The third-order valence-electron chi connectivity index (χ3n) is 5.34. The molecule has 162 valence electrons. The number of rotatable bonds is 8. The molecule has 3 aromatic rings. The first kappa shape index (κ1) is 21.7. The van der Waals surface area contributed by atoms with Gasteiger partial charge in [0.25, 0.3) is 0 Å². The Bertz CT molecular complexity index is 1070. The van der Waals surface area contributed by atoms with E-state index in [0.29, 0.717) is 32.6 Å². The smallest absolute Gasteiger partial charge is 0.236 e. The molecule has 6 nitrogen and oxygen atoms in total. The Morgan fingerprint density at radius 1 is 0.968 bits per heavy atom. The van der Waals surface area contributed by atoms with Crippen LogP contribution in [0.2, 0.25) is 0 Å². The van der Waals surface area contributed by atoms with E-state index < -0.39 is 10.0 Å². The van der Waals surface area contributed by atoms with Crippen molar-refractivity contribution in [1.82, 2.24) is 14.3 Å². The minimum absolute atomic E-state index is 0.497. The average Bonchev–Trinajstić information content (AvgIpc) is 3.35. The second kappa shape index (κ2) is 10.2. The Labute approximate surface area is 187 Å². The molecule has 0 aliphatic carbocycles. The normalized spacial score (nSPS) is 15.5. The predicted molar refractivity (Wildman–Crippen MR) is 127 cm³/mol. The zero-order valence-electron chi connectivity index (χ0n) is 17.3. The number of sulfonamides is 1. The lowest BCUT2D eigenvalue weighted by Gasteiger charge is -2.34. The van der Waals surface area contributed by atoms with E-state index in [1.165, 1.54) is 16.5 Å². The molecule has 0 radical (unpaired) electrons. The van der Waals surface area contributed by atoms with Crippen molar-refractivity contribution in [2.24, 2.45) is 0 Å². The largest absolute Gasteiger partial charge is 0.369 e. The van der Waals surface area contributed by atoms with Gasteiger partial charge in [0.2, 0.25) is 10.0 Å². The van der Waals surface area contributed by atoms with Crippen molar-refractivity contribution >= 4 is 27.0 Å². The molecule has 0 N–H and O–H groups in total. The fraction of sp³-hybridized carbons (Fsp3) is 0.304. The molecule has 0 atom stereocenters. The number of allylic oxidation sites excluding steroid dienone is 1. The van der Waals surface area contributed by atoms with Gasteiger partial charge in [-0.15, -0.1) is 0 Å². The summed E-state index contributed by atoms with van der Waals surface area (Å²) in [5, 5.41) is 5.57. The monoisotopic (exact) mass is 454 g/mol. The van der Waals surface area contributed by atoms with Gasteiger partial charge in [-0.2, -0.15) is 15.6 Å². The zero-order chi connectivity index (χ0) is 21.5. The van der Waals surface area contributed by atoms with E-state index in [4.69, 9.17) is 0 Å². The quantitative estimate of drug-likeness (QED) is 0.478. The lowest BCUT2D eigenvalue weighted by atomic mass is 10.1. The van der Waals surface area contributed by atoms with Gasteiger partial charge in [0.05, 0.1) is 0 Å². The SMILES string of the molecule is O=S(=O)(C=CCCCc1ncccn1)N1CCN(c2ccc(-c3ccsc3)cc2)CC1. The third kappa shape index (κ3) is 5.78.